The van der Waals surface area contributed by atoms with Crippen LogP contribution in [0.2, 0.25) is 0 Å². The Morgan fingerprint density at radius 3 is 2.88 bits per heavy atom. The molecule has 1 rings (SSSR count). The minimum atomic E-state index is -0.618. The third-order valence-electron chi connectivity index (χ3n) is 2.09. The van der Waals surface area contributed by atoms with Crippen LogP contribution in [0.15, 0.2) is 18.5 Å². The van der Waals surface area contributed by atoms with Gasteiger partial charge in [-0.05, 0) is 18.4 Å². The van der Waals surface area contributed by atoms with Crippen LogP contribution in [0.1, 0.15) is 20.3 Å². The van der Waals surface area contributed by atoms with E-state index in [1.807, 2.05) is 13.8 Å². The van der Waals surface area contributed by atoms with Gasteiger partial charge in [0, 0.05) is 6.20 Å². The largest absolute Gasteiger partial charge is 0.322 e. The van der Waals surface area contributed by atoms with E-state index >= 15 is 0 Å². The number of halogens is 1. The highest BCUT2D eigenvalue weighted by atomic mass is 19.1. The molecule has 3 N–H and O–H groups in total. The molecule has 1 aromatic rings. The second kappa shape index (κ2) is 5.55. The molecule has 1 heterocycles. The Kier molecular flexibility index (Phi) is 4.37. The van der Waals surface area contributed by atoms with Gasteiger partial charge in [0.2, 0.25) is 5.91 Å². The second-order valence-electron chi connectivity index (χ2n) is 4.08. The van der Waals surface area contributed by atoms with Crippen molar-refractivity contribution >= 4 is 11.6 Å². The molecule has 0 spiro atoms. The van der Waals surface area contributed by atoms with Crippen molar-refractivity contribution in [3.8, 4) is 0 Å². The standard InChI is InChI=1S/C11H16FN3O/c1-7(2)5-9(13)11(16)15-10-3-4-14-6-8(10)12/h3-4,6-7,9H,5,13H2,1-2H3,(H,14,15,16)/t9-/m1/s1. The predicted molar refractivity (Wildman–Crippen MR) is 60.3 cm³/mol. The molecule has 1 aromatic heterocycles. The summed E-state index contributed by atoms with van der Waals surface area (Å²) in [6.45, 7) is 3.94. The Bertz CT molecular complexity index is 368. The molecule has 0 aliphatic carbocycles. The molecule has 0 saturated carbocycles. The first-order valence-corrected chi connectivity index (χ1v) is 5.16. The molecular formula is C11H16FN3O. The van der Waals surface area contributed by atoms with Gasteiger partial charge in [0.15, 0.2) is 5.82 Å². The topological polar surface area (TPSA) is 68.0 Å². The number of hydrogen-bond acceptors (Lipinski definition) is 3. The van der Waals surface area contributed by atoms with Gasteiger partial charge < -0.3 is 11.1 Å². The number of carbonyl (C=O) groups excluding carboxylic acids is 1. The lowest BCUT2D eigenvalue weighted by molar-refractivity contribution is -0.117. The van der Waals surface area contributed by atoms with E-state index in [2.05, 4.69) is 10.3 Å². The molecule has 16 heavy (non-hydrogen) atoms. The fraction of sp³-hybridized carbons (Fsp3) is 0.455. The SMILES string of the molecule is CC(C)C[C@@H](N)C(=O)Nc1ccncc1F. The number of nitrogens with zero attached hydrogens (tertiary/aromatic N) is 1. The Labute approximate surface area is 94.1 Å². The number of amides is 1. The summed E-state index contributed by atoms with van der Waals surface area (Å²) in [6.07, 6.45) is 3.02. The number of rotatable bonds is 4. The molecular weight excluding hydrogens is 209 g/mol. The number of nitrogens with one attached hydrogen (secondary N) is 1. The summed E-state index contributed by atoms with van der Waals surface area (Å²) in [7, 11) is 0. The van der Waals surface area contributed by atoms with Crippen LogP contribution in [0, 0.1) is 11.7 Å². The molecule has 0 bridgehead atoms. The van der Waals surface area contributed by atoms with Crippen molar-refractivity contribution in [1.82, 2.24) is 4.98 Å². The fourth-order valence-electron chi connectivity index (χ4n) is 1.32. The van der Waals surface area contributed by atoms with Crippen molar-refractivity contribution in [2.75, 3.05) is 5.32 Å². The lowest BCUT2D eigenvalue weighted by atomic mass is 10.0. The van der Waals surface area contributed by atoms with E-state index in [0.717, 1.165) is 6.20 Å². The summed E-state index contributed by atoms with van der Waals surface area (Å²) in [6, 6.07) is 0.780. The molecule has 0 aliphatic rings. The fourth-order valence-corrected chi connectivity index (χ4v) is 1.32. The first-order valence-electron chi connectivity index (χ1n) is 5.16. The van der Waals surface area contributed by atoms with Gasteiger partial charge in [-0.2, -0.15) is 0 Å². The van der Waals surface area contributed by atoms with Gasteiger partial charge in [-0.15, -0.1) is 0 Å². The first-order chi connectivity index (χ1) is 7.50. The van der Waals surface area contributed by atoms with Gasteiger partial charge in [-0.3, -0.25) is 9.78 Å². The third kappa shape index (κ3) is 3.58. The van der Waals surface area contributed by atoms with Gasteiger partial charge in [-0.25, -0.2) is 4.39 Å². The van der Waals surface area contributed by atoms with Crippen molar-refractivity contribution in [2.45, 2.75) is 26.3 Å². The lowest BCUT2D eigenvalue weighted by Gasteiger charge is -2.14. The van der Waals surface area contributed by atoms with Gasteiger partial charge in [0.25, 0.3) is 0 Å². The van der Waals surface area contributed by atoms with E-state index < -0.39 is 11.9 Å². The first kappa shape index (κ1) is 12.6. The van der Waals surface area contributed by atoms with Crippen molar-refractivity contribution < 1.29 is 9.18 Å². The second-order valence-corrected chi connectivity index (χ2v) is 4.08. The number of carbonyl (C=O) groups is 1. The normalized spacial score (nSPS) is 12.6. The van der Waals surface area contributed by atoms with Crippen molar-refractivity contribution in [2.24, 2.45) is 11.7 Å². The zero-order valence-corrected chi connectivity index (χ0v) is 9.40. The highest BCUT2D eigenvalue weighted by molar-refractivity contribution is 5.94. The lowest BCUT2D eigenvalue weighted by Crippen LogP contribution is -2.36. The number of nitrogens with two attached hydrogens (primary N) is 1. The highest BCUT2D eigenvalue weighted by Crippen LogP contribution is 2.12. The third-order valence-corrected chi connectivity index (χ3v) is 2.09. The van der Waals surface area contributed by atoms with E-state index in [0.29, 0.717) is 12.3 Å². The average molecular weight is 225 g/mol. The van der Waals surface area contributed by atoms with Gasteiger partial charge >= 0.3 is 0 Å². The van der Waals surface area contributed by atoms with Crippen LogP contribution in [-0.4, -0.2) is 16.9 Å². The van der Waals surface area contributed by atoms with Crippen LogP contribution in [0.25, 0.3) is 0 Å². The van der Waals surface area contributed by atoms with E-state index in [1.165, 1.54) is 12.3 Å². The van der Waals surface area contributed by atoms with Crippen LogP contribution in [0.3, 0.4) is 0 Å². The van der Waals surface area contributed by atoms with Gasteiger partial charge in [0.1, 0.15) is 0 Å². The zero-order valence-electron chi connectivity index (χ0n) is 9.40. The number of aromatic nitrogens is 1. The molecule has 4 nitrogen and oxygen atoms in total. The molecule has 1 atom stereocenters. The molecule has 5 heteroatoms. The predicted octanol–water partition coefficient (Wildman–Crippen LogP) is 1.53. The van der Waals surface area contributed by atoms with Gasteiger partial charge in [-0.1, -0.05) is 13.8 Å². The van der Waals surface area contributed by atoms with Crippen LogP contribution in [0.5, 0.6) is 0 Å². The summed E-state index contributed by atoms with van der Waals surface area (Å²) < 4.78 is 13.2. The molecule has 0 aliphatic heterocycles. The van der Waals surface area contributed by atoms with Gasteiger partial charge in [0.05, 0.1) is 17.9 Å². The van der Waals surface area contributed by atoms with E-state index in [9.17, 15) is 9.18 Å². The van der Waals surface area contributed by atoms with Crippen LogP contribution < -0.4 is 11.1 Å². The quantitative estimate of drug-likeness (QED) is 0.816. The molecule has 0 radical (unpaired) electrons. The van der Waals surface area contributed by atoms with E-state index in [1.54, 1.807) is 0 Å². The van der Waals surface area contributed by atoms with E-state index in [4.69, 9.17) is 5.73 Å². The van der Waals surface area contributed by atoms with Crippen LogP contribution in [0.4, 0.5) is 10.1 Å². The number of anilines is 1. The Hall–Kier alpha value is -1.49. The van der Waals surface area contributed by atoms with Crippen molar-refractivity contribution in [1.29, 1.82) is 0 Å². The molecule has 1 amide bonds. The summed E-state index contributed by atoms with van der Waals surface area (Å²) in [5, 5.41) is 2.44. The zero-order chi connectivity index (χ0) is 12.1. The average Bonchev–Trinajstić information content (AvgIpc) is 2.20. The molecule has 0 saturated heterocycles. The molecule has 0 fully saturated rings. The van der Waals surface area contributed by atoms with Crippen molar-refractivity contribution in [3.05, 3.63) is 24.3 Å². The molecule has 0 unspecified atom stereocenters. The Balaban J connectivity index is 2.61. The smallest absolute Gasteiger partial charge is 0.241 e. The minimum Gasteiger partial charge on any atom is -0.322 e. The van der Waals surface area contributed by atoms with E-state index in [-0.39, 0.29) is 11.6 Å². The minimum absolute atomic E-state index is 0.110. The summed E-state index contributed by atoms with van der Waals surface area (Å²) in [4.78, 5) is 15.2. The van der Waals surface area contributed by atoms with Crippen LogP contribution in [-0.2, 0) is 4.79 Å². The molecule has 88 valence electrons. The van der Waals surface area contributed by atoms with Crippen LogP contribution >= 0.6 is 0 Å². The maximum absolute atomic E-state index is 13.2. The summed E-state index contributed by atoms with van der Waals surface area (Å²) >= 11 is 0. The maximum Gasteiger partial charge on any atom is 0.241 e. The van der Waals surface area contributed by atoms with Crippen molar-refractivity contribution in [3.63, 3.8) is 0 Å². The maximum atomic E-state index is 13.2. The molecule has 0 aromatic carbocycles. The monoisotopic (exact) mass is 225 g/mol. The number of hydrogen-bond donors (Lipinski definition) is 2. The summed E-state index contributed by atoms with van der Waals surface area (Å²) in [5.74, 6) is -0.616. The number of pyridine rings is 1. The Morgan fingerprint density at radius 2 is 2.31 bits per heavy atom. The highest BCUT2D eigenvalue weighted by Gasteiger charge is 2.16. The summed E-state index contributed by atoms with van der Waals surface area (Å²) in [5.41, 5.74) is 5.78. The Morgan fingerprint density at radius 1 is 1.62 bits per heavy atom.